The second-order valence-corrected chi connectivity index (χ2v) is 9.54. The highest BCUT2D eigenvalue weighted by atomic mass is 16.6. The lowest BCUT2D eigenvalue weighted by atomic mass is 9.91. The fourth-order valence-electron chi connectivity index (χ4n) is 2.63. The number of likely N-dealkylation sites (N-methyl/N-ethyl adjacent to an activating group) is 3. The van der Waals surface area contributed by atoms with Gasteiger partial charge < -0.3 is 29.5 Å². The third-order valence-electron chi connectivity index (χ3n) is 5.48. The van der Waals surface area contributed by atoms with Crippen LogP contribution in [-0.4, -0.2) is 132 Å². The van der Waals surface area contributed by atoms with E-state index in [4.69, 9.17) is 9.47 Å². The van der Waals surface area contributed by atoms with Gasteiger partial charge in [0.1, 0.15) is 6.61 Å². The van der Waals surface area contributed by atoms with Gasteiger partial charge >= 0.3 is 12.1 Å². The Balaban J connectivity index is 3.94. The average Bonchev–Trinajstić information content (AvgIpc) is 2.73. The van der Waals surface area contributed by atoms with E-state index in [0.717, 1.165) is 52.2 Å². The first-order chi connectivity index (χ1) is 15.0. The monoisotopic (exact) mass is 459 g/mol. The first kappa shape index (κ1) is 30.6. The van der Waals surface area contributed by atoms with Crippen LogP contribution in [0.2, 0.25) is 0 Å². The second-order valence-electron chi connectivity index (χ2n) is 9.54. The molecule has 0 aliphatic heterocycles. The molecule has 0 fully saturated rings. The van der Waals surface area contributed by atoms with E-state index in [1.165, 1.54) is 0 Å². The van der Waals surface area contributed by atoms with Gasteiger partial charge in [-0.05, 0) is 61.9 Å². The molecule has 0 rings (SSSR count). The Morgan fingerprint density at radius 3 is 1.88 bits per heavy atom. The van der Waals surface area contributed by atoms with E-state index >= 15 is 0 Å². The van der Waals surface area contributed by atoms with Crippen molar-refractivity contribution in [2.75, 3.05) is 101 Å². The maximum atomic E-state index is 11.9. The van der Waals surface area contributed by atoms with Gasteiger partial charge in [0, 0.05) is 45.8 Å². The molecule has 0 saturated heterocycles. The van der Waals surface area contributed by atoms with Gasteiger partial charge in [-0.2, -0.15) is 0 Å². The number of nitrogens with zero attached hydrogens (tertiary/aromatic N) is 4. The third-order valence-corrected chi connectivity index (χ3v) is 5.48. The van der Waals surface area contributed by atoms with Crippen molar-refractivity contribution in [3.63, 3.8) is 0 Å². The fourth-order valence-corrected chi connectivity index (χ4v) is 2.63. The molecule has 9 nitrogen and oxygen atoms in total. The van der Waals surface area contributed by atoms with Gasteiger partial charge in [-0.3, -0.25) is 9.69 Å². The minimum atomic E-state index is -0.498. The maximum absolute atomic E-state index is 11.9. The summed E-state index contributed by atoms with van der Waals surface area (Å²) in [6.45, 7) is 13.5. The Hall–Kier alpha value is -1.42. The summed E-state index contributed by atoms with van der Waals surface area (Å²) in [5, 5.41) is 2.62. The van der Waals surface area contributed by atoms with Crippen molar-refractivity contribution in [2.45, 2.75) is 33.6 Å². The van der Waals surface area contributed by atoms with Crippen molar-refractivity contribution >= 4 is 12.1 Å². The predicted molar refractivity (Wildman–Crippen MR) is 130 cm³/mol. The van der Waals surface area contributed by atoms with Crippen LogP contribution in [0.1, 0.15) is 33.6 Å². The van der Waals surface area contributed by atoms with E-state index in [-0.39, 0.29) is 19.1 Å². The maximum Gasteiger partial charge on any atom is 0.407 e. The van der Waals surface area contributed by atoms with Gasteiger partial charge in [-0.15, -0.1) is 0 Å². The number of alkyl carbamates (subject to hydrolysis) is 1. The number of carbonyl (C=O) groups is 2. The van der Waals surface area contributed by atoms with Crippen LogP contribution < -0.4 is 5.32 Å². The molecule has 0 bridgehead atoms. The molecule has 0 atom stereocenters. The molecule has 1 amide bonds. The highest BCUT2D eigenvalue weighted by molar-refractivity contribution is 5.75. The highest BCUT2D eigenvalue weighted by Gasteiger charge is 2.26. The van der Waals surface area contributed by atoms with Gasteiger partial charge in [0.05, 0.1) is 18.6 Å². The topological polar surface area (TPSA) is 77.6 Å². The lowest BCUT2D eigenvalue weighted by Gasteiger charge is -2.27. The summed E-state index contributed by atoms with van der Waals surface area (Å²) in [6.07, 6.45) is 1.01. The molecule has 0 aliphatic carbocycles. The molecule has 190 valence electrons. The molecular formula is C23H49N5O4. The number of ether oxygens (including phenoxy) is 2. The van der Waals surface area contributed by atoms with E-state index < -0.39 is 11.5 Å². The minimum Gasteiger partial charge on any atom is -0.463 e. The molecule has 32 heavy (non-hydrogen) atoms. The number of carbonyl (C=O) groups excluding carboxylic acids is 2. The Bertz CT molecular complexity index is 503. The smallest absolute Gasteiger partial charge is 0.407 e. The number of hydrogen-bond acceptors (Lipinski definition) is 8. The molecular weight excluding hydrogens is 410 g/mol. The van der Waals surface area contributed by atoms with Crippen LogP contribution in [0.3, 0.4) is 0 Å². The van der Waals surface area contributed by atoms with Crippen molar-refractivity contribution in [3.05, 3.63) is 0 Å². The number of rotatable bonds is 18. The summed E-state index contributed by atoms with van der Waals surface area (Å²) < 4.78 is 10.4. The van der Waals surface area contributed by atoms with E-state index in [1.54, 1.807) is 0 Å². The summed E-state index contributed by atoms with van der Waals surface area (Å²) in [5.74, 6) is -0.250. The van der Waals surface area contributed by atoms with Crippen LogP contribution in [-0.2, 0) is 14.3 Å². The van der Waals surface area contributed by atoms with Crippen molar-refractivity contribution in [1.82, 2.24) is 24.9 Å². The first-order valence-electron chi connectivity index (χ1n) is 11.8. The Labute approximate surface area is 196 Å². The molecule has 0 unspecified atom stereocenters. The summed E-state index contributed by atoms with van der Waals surface area (Å²) in [6, 6.07) is 0. The lowest BCUT2D eigenvalue weighted by Crippen LogP contribution is -2.40. The third kappa shape index (κ3) is 16.2. The van der Waals surface area contributed by atoms with Crippen LogP contribution in [0, 0.1) is 5.41 Å². The first-order valence-corrected chi connectivity index (χ1v) is 11.8. The quantitative estimate of drug-likeness (QED) is 0.244. The molecule has 0 heterocycles. The summed E-state index contributed by atoms with van der Waals surface area (Å²) in [5.41, 5.74) is -0.498. The van der Waals surface area contributed by atoms with Crippen LogP contribution in [0.5, 0.6) is 0 Å². The van der Waals surface area contributed by atoms with E-state index in [2.05, 4.69) is 60.2 Å². The Morgan fingerprint density at radius 1 is 0.781 bits per heavy atom. The molecule has 0 aromatic rings. The molecule has 0 aromatic heterocycles. The average molecular weight is 460 g/mol. The van der Waals surface area contributed by atoms with E-state index in [9.17, 15) is 9.59 Å². The normalized spacial score (nSPS) is 12.1. The number of esters is 1. The zero-order valence-corrected chi connectivity index (χ0v) is 21.9. The van der Waals surface area contributed by atoms with Gasteiger partial charge in [-0.1, -0.05) is 6.92 Å². The van der Waals surface area contributed by atoms with Crippen molar-refractivity contribution < 1.29 is 19.1 Å². The Kier molecular flexibility index (Phi) is 16.3. The number of nitrogens with one attached hydrogen (secondary N) is 1. The van der Waals surface area contributed by atoms with Crippen LogP contribution >= 0.6 is 0 Å². The zero-order valence-electron chi connectivity index (χ0n) is 21.9. The van der Waals surface area contributed by atoms with Gasteiger partial charge in [0.15, 0.2) is 0 Å². The number of hydrogen-bond donors (Lipinski definition) is 1. The number of amides is 1. The molecule has 0 spiro atoms. The zero-order chi connectivity index (χ0) is 24.6. The molecule has 0 radical (unpaired) electrons. The van der Waals surface area contributed by atoms with Crippen LogP contribution in [0.4, 0.5) is 4.79 Å². The lowest BCUT2D eigenvalue weighted by molar-refractivity contribution is -0.153. The Morgan fingerprint density at radius 2 is 1.34 bits per heavy atom. The largest absolute Gasteiger partial charge is 0.463 e. The van der Waals surface area contributed by atoms with E-state index in [0.29, 0.717) is 13.0 Å². The minimum absolute atomic E-state index is 0.151. The van der Waals surface area contributed by atoms with Crippen LogP contribution in [0.15, 0.2) is 0 Å². The van der Waals surface area contributed by atoms with Gasteiger partial charge in [0.25, 0.3) is 0 Å². The second kappa shape index (κ2) is 17.1. The molecule has 0 aliphatic rings. The fraction of sp³-hybridized carbons (Fsp3) is 0.913. The SMILES string of the molecule is CCC(C)(C)C(=O)OCCNC(=O)OCCCN(C)CCN(CCN(C)C)CCN(C)C. The summed E-state index contributed by atoms with van der Waals surface area (Å²) >= 11 is 0. The molecule has 0 aromatic carbocycles. The van der Waals surface area contributed by atoms with E-state index in [1.807, 2.05) is 20.8 Å². The summed E-state index contributed by atoms with van der Waals surface area (Å²) in [7, 11) is 10.5. The van der Waals surface area contributed by atoms with Crippen molar-refractivity contribution in [1.29, 1.82) is 0 Å². The van der Waals surface area contributed by atoms with Gasteiger partial charge in [0.2, 0.25) is 0 Å². The molecule has 1 N–H and O–H groups in total. The highest BCUT2D eigenvalue weighted by Crippen LogP contribution is 2.21. The predicted octanol–water partition coefficient (Wildman–Crippen LogP) is 1.44. The molecule has 0 saturated carbocycles. The van der Waals surface area contributed by atoms with Crippen LogP contribution in [0.25, 0.3) is 0 Å². The van der Waals surface area contributed by atoms with Gasteiger partial charge in [-0.25, -0.2) is 4.79 Å². The van der Waals surface area contributed by atoms with Crippen molar-refractivity contribution in [2.24, 2.45) is 5.41 Å². The molecule has 9 heteroatoms. The van der Waals surface area contributed by atoms with Crippen molar-refractivity contribution in [3.8, 4) is 0 Å². The summed E-state index contributed by atoms with van der Waals surface area (Å²) in [4.78, 5) is 32.8. The standard InChI is InChI=1S/C23H49N5O4/c1-9-23(2,3)21(29)31-20-11-24-22(30)32-19-10-12-27(8)15-18-28(16-13-25(4)5)17-14-26(6)7/h9-20H2,1-8H3,(H,24,30).